The van der Waals surface area contributed by atoms with Crippen LogP contribution in [0, 0.1) is 5.82 Å². The molecule has 0 radical (unpaired) electrons. The topological polar surface area (TPSA) is 67.8 Å². The highest BCUT2D eigenvalue weighted by Crippen LogP contribution is 2.32. The van der Waals surface area contributed by atoms with E-state index >= 15 is 0 Å². The summed E-state index contributed by atoms with van der Waals surface area (Å²) in [5, 5.41) is 11.9. The second-order valence-electron chi connectivity index (χ2n) is 4.54. The van der Waals surface area contributed by atoms with E-state index in [9.17, 15) is 9.18 Å². The molecule has 0 aliphatic carbocycles. The van der Waals surface area contributed by atoms with Crippen molar-refractivity contribution in [2.75, 3.05) is 12.1 Å². The molecule has 0 unspecified atom stereocenters. The maximum atomic E-state index is 13.3. The lowest BCUT2D eigenvalue weighted by Crippen LogP contribution is -2.04. The van der Waals surface area contributed by atoms with Crippen LogP contribution in [0.5, 0.6) is 11.5 Å². The number of anilines is 1. The van der Waals surface area contributed by atoms with Gasteiger partial charge in [-0.05, 0) is 35.9 Å². The molecule has 0 spiro atoms. The van der Waals surface area contributed by atoms with Gasteiger partial charge >= 0.3 is 5.97 Å². The fourth-order valence-electron chi connectivity index (χ4n) is 2.05. The van der Waals surface area contributed by atoms with E-state index in [0.717, 1.165) is 11.6 Å². The SMILES string of the molecule is O=C(O)c1cc(NCc2ccc3c(c2)OCO3)ccc1F. The third kappa shape index (κ3) is 2.74. The fraction of sp³-hybridized carbons (Fsp3) is 0.133. The van der Waals surface area contributed by atoms with Gasteiger partial charge in [-0.2, -0.15) is 0 Å². The molecule has 108 valence electrons. The van der Waals surface area contributed by atoms with Crippen LogP contribution in [0.25, 0.3) is 0 Å². The first-order chi connectivity index (χ1) is 10.1. The first-order valence-electron chi connectivity index (χ1n) is 6.29. The molecule has 3 rings (SSSR count). The number of ether oxygens (including phenoxy) is 2. The van der Waals surface area contributed by atoms with Crippen molar-refractivity contribution in [1.82, 2.24) is 0 Å². The van der Waals surface area contributed by atoms with Gasteiger partial charge in [0.25, 0.3) is 0 Å². The molecule has 2 aromatic rings. The molecule has 1 heterocycles. The number of carboxylic acids is 1. The Morgan fingerprint density at radius 3 is 2.81 bits per heavy atom. The molecular formula is C15H12FNO4. The zero-order chi connectivity index (χ0) is 14.8. The summed E-state index contributed by atoms with van der Waals surface area (Å²) in [5.74, 6) is -0.663. The monoisotopic (exact) mass is 289 g/mol. The first-order valence-corrected chi connectivity index (χ1v) is 6.29. The maximum absolute atomic E-state index is 13.3. The molecule has 6 heteroatoms. The minimum absolute atomic E-state index is 0.214. The molecule has 0 bridgehead atoms. The Balaban J connectivity index is 1.73. The Hall–Kier alpha value is -2.76. The standard InChI is InChI=1S/C15H12FNO4/c16-12-3-2-10(6-11(12)15(18)19)17-7-9-1-4-13-14(5-9)21-8-20-13/h1-6,17H,7-8H2,(H,18,19). The van der Waals surface area contributed by atoms with E-state index in [2.05, 4.69) is 5.32 Å². The molecule has 1 aliphatic rings. The third-order valence-electron chi connectivity index (χ3n) is 3.13. The Morgan fingerprint density at radius 1 is 1.19 bits per heavy atom. The van der Waals surface area contributed by atoms with E-state index in [1.165, 1.54) is 12.1 Å². The summed E-state index contributed by atoms with van der Waals surface area (Å²) < 4.78 is 23.8. The van der Waals surface area contributed by atoms with Crippen molar-refractivity contribution < 1.29 is 23.8 Å². The van der Waals surface area contributed by atoms with Crippen molar-refractivity contribution in [3.63, 3.8) is 0 Å². The minimum atomic E-state index is -1.29. The molecule has 0 amide bonds. The molecule has 2 aromatic carbocycles. The van der Waals surface area contributed by atoms with Gasteiger partial charge in [0.15, 0.2) is 11.5 Å². The molecule has 0 aromatic heterocycles. The number of hydrogen-bond acceptors (Lipinski definition) is 4. The third-order valence-corrected chi connectivity index (χ3v) is 3.13. The van der Waals surface area contributed by atoms with Crippen molar-refractivity contribution in [3.8, 4) is 11.5 Å². The number of aromatic carboxylic acids is 1. The quantitative estimate of drug-likeness (QED) is 0.906. The second kappa shape index (κ2) is 5.32. The summed E-state index contributed by atoms with van der Waals surface area (Å²) in [5.41, 5.74) is 1.12. The summed E-state index contributed by atoms with van der Waals surface area (Å²) in [6.45, 7) is 0.674. The Bertz CT molecular complexity index is 702. The average molecular weight is 289 g/mol. The normalized spacial score (nSPS) is 12.2. The van der Waals surface area contributed by atoms with Crippen LogP contribution in [-0.4, -0.2) is 17.9 Å². The van der Waals surface area contributed by atoms with Crippen LogP contribution in [0.15, 0.2) is 36.4 Å². The molecule has 5 nitrogen and oxygen atoms in total. The largest absolute Gasteiger partial charge is 0.478 e. The maximum Gasteiger partial charge on any atom is 0.338 e. The average Bonchev–Trinajstić information content (AvgIpc) is 2.93. The Kier molecular flexibility index (Phi) is 3.35. The van der Waals surface area contributed by atoms with Crippen LogP contribution in [0.3, 0.4) is 0 Å². The number of carboxylic acid groups (broad SMARTS) is 1. The highest BCUT2D eigenvalue weighted by Gasteiger charge is 2.13. The molecule has 0 saturated carbocycles. The van der Waals surface area contributed by atoms with Gasteiger partial charge in [-0.25, -0.2) is 9.18 Å². The van der Waals surface area contributed by atoms with E-state index < -0.39 is 11.8 Å². The van der Waals surface area contributed by atoms with E-state index in [0.29, 0.717) is 23.7 Å². The number of nitrogens with one attached hydrogen (secondary N) is 1. The highest BCUT2D eigenvalue weighted by atomic mass is 19.1. The molecule has 2 N–H and O–H groups in total. The van der Waals surface area contributed by atoms with Gasteiger partial charge in [0.05, 0.1) is 5.56 Å². The van der Waals surface area contributed by atoms with Crippen LogP contribution < -0.4 is 14.8 Å². The predicted octanol–water partition coefficient (Wildman–Crippen LogP) is 2.86. The van der Waals surface area contributed by atoms with Crippen LogP contribution in [-0.2, 0) is 6.54 Å². The summed E-state index contributed by atoms with van der Waals surface area (Å²) in [6, 6.07) is 9.43. The lowest BCUT2D eigenvalue weighted by atomic mass is 10.1. The Labute approximate surface area is 119 Å². The molecule has 0 atom stereocenters. The zero-order valence-electron chi connectivity index (χ0n) is 10.9. The summed E-state index contributed by atoms with van der Waals surface area (Å²) in [7, 11) is 0. The summed E-state index contributed by atoms with van der Waals surface area (Å²) in [4.78, 5) is 10.9. The van der Waals surface area contributed by atoms with Crippen molar-refractivity contribution in [1.29, 1.82) is 0 Å². The fourth-order valence-corrected chi connectivity index (χ4v) is 2.05. The van der Waals surface area contributed by atoms with Crippen LogP contribution in [0.1, 0.15) is 15.9 Å². The van der Waals surface area contributed by atoms with Gasteiger partial charge in [0.1, 0.15) is 5.82 Å². The predicted molar refractivity (Wildman–Crippen MR) is 73.3 cm³/mol. The smallest absolute Gasteiger partial charge is 0.338 e. The lowest BCUT2D eigenvalue weighted by molar-refractivity contribution is 0.0692. The minimum Gasteiger partial charge on any atom is -0.478 e. The van der Waals surface area contributed by atoms with Gasteiger partial charge in [-0.15, -0.1) is 0 Å². The van der Waals surface area contributed by atoms with Crippen LogP contribution in [0.2, 0.25) is 0 Å². The van der Waals surface area contributed by atoms with E-state index in [4.69, 9.17) is 14.6 Å². The molecule has 0 fully saturated rings. The van der Waals surface area contributed by atoms with Crippen molar-refractivity contribution >= 4 is 11.7 Å². The Morgan fingerprint density at radius 2 is 2.00 bits per heavy atom. The zero-order valence-corrected chi connectivity index (χ0v) is 10.9. The number of fused-ring (bicyclic) bond motifs is 1. The van der Waals surface area contributed by atoms with Gasteiger partial charge in [-0.1, -0.05) is 6.07 Å². The second-order valence-corrected chi connectivity index (χ2v) is 4.54. The number of rotatable bonds is 4. The van der Waals surface area contributed by atoms with Crippen LogP contribution >= 0.6 is 0 Å². The number of benzene rings is 2. The van der Waals surface area contributed by atoms with Crippen LogP contribution in [0.4, 0.5) is 10.1 Å². The van der Waals surface area contributed by atoms with Gasteiger partial charge < -0.3 is 19.9 Å². The van der Waals surface area contributed by atoms with Crippen molar-refractivity contribution in [2.45, 2.75) is 6.54 Å². The number of halogens is 1. The number of hydrogen-bond donors (Lipinski definition) is 2. The lowest BCUT2D eigenvalue weighted by Gasteiger charge is -2.08. The van der Waals surface area contributed by atoms with E-state index in [-0.39, 0.29) is 12.4 Å². The molecular weight excluding hydrogens is 277 g/mol. The van der Waals surface area contributed by atoms with Gasteiger partial charge in [0, 0.05) is 12.2 Å². The van der Waals surface area contributed by atoms with Gasteiger partial charge in [-0.3, -0.25) is 0 Å². The van der Waals surface area contributed by atoms with Crippen molar-refractivity contribution in [3.05, 3.63) is 53.3 Å². The highest BCUT2D eigenvalue weighted by molar-refractivity contribution is 5.89. The van der Waals surface area contributed by atoms with E-state index in [1.807, 2.05) is 18.2 Å². The van der Waals surface area contributed by atoms with Crippen molar-refractivity contribution in [2.24, 2.45) is 0 Å². The van der Waals surface area contributed by atoms with Gasteiger partial charge in [0.2, 0.25) is 6.79 Å². The molecule has 1 aliphatic heterocycles. The summed E-state index contributed by atoms with van der Waals surface area (Å²) in [6.07, 6.45) is 0. The van der Waals surface area contributed by atoms with E-state index in [1.54, 1.807) is 0 Å². The summed E-state index contributed by atoms with van der Waals surface area (Å²) >= 11 is 0. The molecule has 21 heavy (non-hydrogen) atoms. The molecule has 0 saturated heterocycles. The number of carbonyl (C=O) groups is 1. The first kappa shape index (κ1) is 13.2.